The Morgan fingerprint density at radius 3 is 2.46 bits per heavy atom. The van der Waals surface area contributed by atoms with Crippen molar-refractivity contribution >= 4 is 0 Å². The average Bonchev–Trinajstić information content (AvgIpc) is 2.86. The number of piperidine rings is 2. The van der Waals surface area contributed by atoms with E-state index >= 15 is 0 Å². The minimum absolute atomic E-state index is 0.260. The molecular weight excluding hydrogens is 164 g/mol. The highest BCUT2D eigenvalue weighted by Crippen LogP contribution is 2.45. The van der Waals surface area contributed by atoms with Gasteiger partial charge in [0, 0.05) is 13.1 Å². The SMILES string of the molecule is C1CC2(CCN1)CNCC1(CO1)C2. The highest BCUT2D eigenvalue weighted by molar-refractivity contribution is 5.05. The van der Waals surface area contributed by atoms with E-state index < -0.39 is 0 Å². The van der Waals surface area contributed by atoms with Crippen LogP contribution in [0.3, 0.4) is 0 Å². The minimum atomic E-state index is 0.260. The first kappa shape index (κ1) is 8.21. The third-order valence-electron chi connectivity index (χ3n) is 3.86. The molecule has 0 aromatic rings. The van der Waals surface area contributed by atoms with E-state index in [1.54, 1.807) is 0 Å². The predicted molar refractivity (Wildman–Crippen MR) is 50.7 cm³/mol. The lowest BCUT2D eigenvalue weighted by Gasteiger charge is -2.43. The Hall–Kier alpha value is -0.120. The monoisotopic (exact) mass is 182 g/mol. The number of nitrogens with one attached hydrogen (secondary N) is 2. The molecule has 3 heterocycles. The molecule has 3 saturated heterocycles. The molecule has 3 fully saturated rings. The summed E-state index contributed by atoms with van der Waals surface area (Å²) in [6, 6.07) is 0. The summed E-state index contributed by atoms with van der Waals surface area (Å²) in [6.45, 7) is 5.67. The molecule has 13 heavy (non-hydrogen) atoms. The van der Waals surface area contributed by atoms with Gasteiger partial charge in [0.1, 0.15) is 5.60 Å². The Labute approximate surface area is 79.2 Å². The Morgan fingerprint density at radius 2 is 1.77 bits per heavy atom. The summed E-state index contributed by atoms with van der Waals surface area (Å²) in [5.41, 5.74) is 0.815. The van der Waals surface area contributed by atoms with Crippen molar-refractivity contribution in [3.05, 3.63) is 0 Å². The van der Waals surface area contributed by atoms with E-state index in [0.717, 1.165) is 13.2 Å². The van der Waals surface area contributed by atoms with Crippen LogP contribution in [-0.2, 0) is 4.74 Å². The summed E-state index contributed by atoms with van der Waals surface area (Å²) < 4.78 is 5.58. The van der Waals surface area contributed by atoms with Crippen LogP contribution >= 0.6 is 0 Å². The van der Waals surface area contributed by atoms with Gasteiger partial charge < -0.3 is 15.4 Å². The van der Waals surface area contributed by atoms with Gasteiger partial charge in [0.15, 0.2) is 0 Å². The van der Waals surface area contributed by atoms with E-state index in [0.29, 0.717) is 5.41 Å². The molecule has 2 spiro atoms. The van der Waals surface area contributed by atoms with Crippen LogP contribution in [0.5, 0.6) is 0 Å². The van der Waals surface area contributed by atoms with E-state index in [-0.39, 0.29) is 5.60 Å². The zero-order chi connectivity index (χ0) is 8.78. The standard InChI is InChI=1S/C10H18N2O/c1-3-11-4-2-9(1)5-10(8-13-10)7-12-6-9/h11-12H,1-8H2. The van der Waals surface area contributed by atoms with Crippen LogP contribution in [-0.4, -0.2) is 38.4 Å². The zero-order valence-electron chi connectivity index (χ0n) is 8.07. The van der Waals surface area contributed by atoms with E-state index in [2.05, 4.69) is 10.6 Å². The Bertz CT molecular complexity index is 201. The van der Waals surface area contributed by atoms with Crippen LogP contribution in [0.25, 0.3) is 0 Å². The number of ether oxygens (including phenoxy) is 1. The fourth-order valence-electron chi connectivity index (χ4n) is 2.98. The van der Waals surface area contributed by atoms with Crippen molar-refractivity contribution in [1.82, 2.24) is 10.6 Å². The second-order valence-electron chi connectivity index (χ2n) is 5.00. The van der Waals surface area contributed by atoms with E-state index in [1.165, 1.54) is 38.9 Å². The van der Waals surface area contributed by atoms with Gasteiger partial charge in [-0.3, -0.25) is 0 Å². The maximum atomic E-state index is 5.58. The van der Waals surface area contributed by atoms with Crippen molar-refractivity contribution in [3.8, 4) is 0 Å². The highest BCUT2D eigenvalue weighted by Gasteiger charge is 2.53. The molecule has 3 heteroatoms. The smallest absolute Gasteiger partial charge is 0.105 e. The van der Waals surface area contributed by atoms with Crippen molar-refractivity contribution in [2.75, 3.05) is 32.8 Å². The van der Waals surface area contributed by atoms with Crippen LogP contribution in [0.1, 0.15) is 19.3 Å². The normalized spacial score (nSPS) is 42.5. The second kappa shape index (κ2) is 2.69. The predicted octanol–water partition coefficient (Wildman–Crippen LogP) is 0.118. The summed E-state index contributed by atoms with van der Waals surface area (Å²) in [6.07, 6.45) is 3.95. The van der Waals surface area contributed by atoms with E-state index in [9.17, 15) is 0 Å². The van der Waals surface area contributed by atoms with Crippen molar-refractivity contribution in [3.63, 3.8) is 0 Å². The van der Waals surface area contributed by atoms with Crippen molar-refractivity contribution < 1.29 is 4.74 Å². The van der Waals surface area contributed by atoms with E-state index in [4.69, 9.17) is 4.74 Å². The van der Waals surface area contributed by atoms with Gasteiger partial charge in [0.05, 0.1) is 6.61 Å². The van der Waals surface area contributed by atoms with Crippen molar-refractivity contribution in [1.29, 1.82) is 0 Å². The molecule has 0 amide bonds. The van der Waals surface area contributed by atoms with Crippen LogP contribution < -0.4 is 10.6 Å². The largest absolute Gasteiger partial charge is 0.368 e. The Balaban J connectivity index is 1.74. The van der Waals surface area contributed by atoms with Gasteiger partial charge in [-0.15, -0.1) is 0 Å². The molecule has 3 aliphatic rings. The van der Waals surface area contributed by atoms with Crippen LogP contribution in [0, 0.1) is 5.41 Å². The molecule has 0 aromatic heterocycles. The lowest BCUT2D eigenvalue weighted by atomic mass is 9.70. The summed E-state index contributed by atoms with van der Waals surface area (Å²) in [5.74, 6) is 0. The first-order valence-electron chi connectivity index (χ1n) is 5.38. The molecule has 3 nitrogen and oxygen atoms in total. The summed E-state index contributed by atoms with van der Waals surface area (Å²) in [5, 5.41) is 6.98. The lowest BCUT2D eigenvalue weighted by molar-refractivity contribution is 0.0881. The first-order chi connectivity index (χ1) is 6.33. The number of rotatable bonds is 0. The Morgan fingerprint density at radius 1 is 1.00 bits per heavy atom. The molecule has 0 aromatic carbocycles. The molecule has 2 N–H and O–H groups in total. The molecule has 0 bridgehead atoms. The van der Waals surface area contributed by atoms with Gasteiger partial charge in [0.2, 0.25) is 0 Å². The average molecular weight is 182 g/mol. The van der Waals surface area contributed by atoms with E-state index in [1.807, 2.05) is 0 Å². The number of epoxide rings is 1. The van der Waals surface area contributed by atoms with Crippen LogP contribution in [0.15, 0.2) is 0 Å². The molecule has 0 saturated carbocycles. The molecule has 74 valence electrons. The third-order valence-corrected chi connectivity index (χ3v) is 3.86. The fourth-order valence-corrected chi connectivity index (χ4v) is 2.98. The van der Waals surface area contributed by atoms with Crippen molar-refractivity contribution in [2.24, 2.45) is 5.41 Å². The Kier molecular flexibility index (Phi) is 1.70. The topological polar surface area (TPSA) is 36.6 Å². The molecule has 3 rings (SSSR count). The molecule has 1 unspecified atom stereocenters. The maximum Gasteiger partial charge on any atom is 0.105 e. The van der Waals surface area contributed by atoms with Gasteiger partial charge in [0.25, 0.3) is 0 Å². The first-order valence-corrected chi connectivity index (χ1v) is 5.38. The maximum absolute atomic E-state index is 5.58. The zero-order valence-corrected chi connectivity index (χ0v) is 8.07. The highest BCUT2D eigenvalue weighted by atomic mass is 16.6. The van der Waals surface area contributed by atoms with Gasteiger partial charge in [-0.1, -0.05) is 0 Å². The number of hydrogen-bond donors (Lipinski definition) is 2. The number of hydrogen-bond acceptors (Lipinski definition) is 3. The van der Waals surface area contributed by atoms with Gasteiger partial charge in [-0.25, -0.2) is 0 Å². The van der Waals surface area contributed by atoms with Crippen LogP contribution in [0.2, 0.25) is 0 Å². The quantitative estimate of drug-likeness (QED) is 0.522. The summed E-state index contributed by atoms with van der Waals surface area (Å²) >= 11 is 0. The lowest BCUT2D eigenvalue weighted by Crippen LogP contribution is -2.52. The molecule has 3 aliphatic heterocycles. The molecule has 0 radical (unpaired) electrons. The van der Waals surface area contributed by atoms with Gasteiger partial charge in [-0.05, 0) is 37.8 Å². The summed E-state index contributed by atoms with van der Waals surface area (Å²) in [7, 11) is 0. The minimum Gasteiger partial charge on any atom is -0.368 e. The second-order valence-corrected chi connectivity index (χ2v) is 5.00. The van der Waals surface area contributed by atoms with Crippen LogP contribution in [0.4, 0.5) is 0 Å². The molecule has 0 aliphatic carbocycles. The molecule has 1 atom stereocenters. The molecular formula is C10H18N2O. The fraction of sp³-hybridized carbons (Fsp3) is 1.00. The van der Waals surface area contributed by atoms with Gasteiger partial charge in [-0.2, -0.15) is 0 Å². The third kappa shape index (κ3) is 1.39. The van der Waals surface area contributed by atoms with Crippen molar-refractivity contribution in [2.45, 2.75) is 24.9 Å². The summed E-state index contributed by atoms with van der Waals surface area (Å²) in [4.78, 5) is 0. The van der Waals surface area contributed by atoms with Gasteiger partial charge >= 0.3 is 0 Å².